The molecule has 3 aromatic rings. The lowest BCUT2D eigenvalue weighted by Gasteiger charge is -2.05. The third-order valence-corrected chi connectivity index (χ3v) is 4.52. The number of hydrogen-bond acceptors (Lipinski definition) is 2. The number of ether oxygens (including phenoxy) is 1. The lowest BCUT2D eigenvalue weighted by molar-refractivity contribution is -0.655. The summed E-state index contributed by atoms with van der Waals surface area (Å²) in [5, 5.41) is 7.12. The average molecular weight is 526 g/mol. The van der Waals surface area contributed by atoms with E-state index < -0.39 is 0 Å². The number of hydrazone groups is 1. The van der Waals surface area contributed by atoms with E-state index in [9.17, 15) is 0 Å². The molecule has 0 aliphatic rings. The SMILES string of the molecule is CNC(N/N=C/c1ccc(OCc2n(C)c3ccccc3[n+]2C)cc1)=[NH+]C.[Br-].[Br-]. The molecule has 0 aliphatic carbocycles. The van der Waals surface area contributed by atoms with Crippen LogP contribution in [0, 0.1) is 0 Å². The van der Waals surface area contributed by atoms with Crippen LogP contribution in [0.3, 0.4) is 0 Å². The smallest absolute Gasteiger partial charge is 0.366 e. The maximum atomic E-state index is 5.99. The normalized spacial score (nSPS) is 11.1. The van der Waals surface area contributed by atoms with Gasteiger partial charge in [-0.3, -0.25) is 10.3 Å². The molecule has 3 N–H and O–H groups in total. The topological polar surface area (TPSA) is 68.4 Å². The number of guanidine groups is 1. The average Bonchev–Trinajstić information content (AvgIpc) is 2.95. The van der Waals surface area contributed by atoms with Crippen molar-refractivity contribution in [3.63, 3.8) is 0 Å². The molecule has 2 aromatic carbocycles. The van der Waals surface area contributed by atoms with Crippen LogP contribution in [0.15, 0.2) is 53.6 Å². The quantitative estimate of drug-likeness (QED) is 0.134. The van der Waals surface area contributed by atoms with E-state index in [1.165, 1.54) is 11.0 Å². The fourth-order valence-electron chi connectivity index (χ4n) is 2.93. The molecule has 29 heavy (non-hydrogen) atoms. The van der Waals surface area contributed by atoms with Crippen LogP contribution in [-0.2, 0) is 20.7 Å². The van der Waals surface area contributed by atoms with E-state index in [2.05, 4.69) is 68.3 Å². The van der Waals surface area contributed by atoms with Crippen molar-refractivity contribution in [3.8, 4) is 5.75 Å². The molecule has 0 spiro atoms. The maximum absolute atomic E-state index is 5.99. The van der Waals surface area contributed by atoms with E-state index in [1.54, 1.807) is 6.21 Å². The van der Waals surface area contributed by atoms with Gasteiger partial charge in [0.25, 0.3) is 5.82 Å². The summed E-state index contributed by atoms with van der Waals surface area (Å²) in [5.74, 6) is 2.66. The third kappa shape index (κ3) is 5.80. The number of halogens is 2. The summed E-state index contributed by atoms with van der Waals surface area (Å²) in [5.41, 5.74) is 6.25. The molecule has 0 saturated carbocycles. The highest BCUT2D eigenvalue weighted by atomic mass is 79.9. The van der Waals surface area contributed by atoms with Crippen molar-refractivity contribution in [2.45, 2.75) is 6.61 Å². The molecule has 0 aliphatic heterocycles. The molecule has 0 radical (unpaired) electrons. The van der Waals surface area contributed by atoms with Gasteiger partial charge in [-0.1, -0.05) is 12.1 Å². The van der Waals surface area contributed by atoms with Gasteiger partial charge in [0.15, 0.2) is 17.6 Å². The summed E-state index contributed by atoms with van der Waals surface area (Å²) in [6.45, 7) is 0.499. The molecule has 0 bridgehead atoms. The Morgan fingerprint density at radius 3 is 2.48 bits per heavy atom. The second kappa shape index (κ2) is 11.6. The maximum Gasteiger partial charge on any atom is 0.366 e. The highest BCUT2D eigenvalue weighted by molar-refractivity contribution is 5.81. The number of imidazole rings is 1. The molecule has 0 fully saturated rings. The Morgan fingerprint density at radius 2 is 1.86 bits per heavy atom. The standard InChI is InChI=1S/C20H25N6O.2BrH/c1-21-20(22-2)24-23-13-15-9-11-16(12-10-15)27-14-19-25(3)17-7-5-6-8-18(17)26(19)4;;/h5-13H,14H2,1-4H3,(H2,21,22,24);2*1H/q+1;;/p-1/b23-13+;;. The van der Waals surface area contributed by atoms with Gasteiger partial charge in [0.05, 0.1) is 34.4 Å². The van der Waals surface area contributed by atoms with Crippen LogP contribution in [-0.4, -0.2) is 30.8 Å². The second-order valence-electron chi connectivity index (χ2n) is 6.13. The molecular formula is C20H26Br2N6O. The van der Waals surface area contributed by atoms with Crippen molar-refractivity contribution in [1.82, 2.24) is 15.3 Å². The van der Waals surface area contributed by atoms with Crippen LogP contribution in [0.2, 0.25) is 0 Å². The highest BCUT2D eigenvalue weighted by Crippen LogP contribution is 2.16. The fourth-order valence-corrected chi connectivity index (χ4v) is 2.93. The molecule has 1 heterocycles. The molecular weight excluding hydrogens is 500 g/mol. The van der Waals surface area contributed by atoms with Gasteiger partial charge in [-0.05, 0) is 42.0 Å². The minimum absolute atomic E-state index is 0. The van der Waals surface area contributed by atoms with E-state index in [1.807, 2.05) is 38.4 Å². The van der Waals surface area contributed by atoms with Gasteiger partial charge in [-0.2, -0.15) is 5.43 Å². The Kier molecular flexibility index (Phi) is 9.84. The number of nitrogens with one attached hydrogen (secondary N) is 3. The van der Waals surface area contributed by atoms with Gasteiger partial charge in [-0.25, -0.2) is 9.13 Å². The van der Waals surface area contributed by atoms with Crippen LogP contribution >= 0.6 is 0 Å². The van der Waals surface area contributed by atoms with Crippen molar-refractivity contribution in [2.24, 2.45) is 19.2 Å². The minimum atomic E-state index is 0. The zero-order valence-electron chi connectivity index (χ0n) is 16.9. The molecule has 9 heteroatoms. The van der Waals surface area contributed by atoms with Crippen molar-refractivity contribution >= 4 is 23.2 Å². The van der Waals surface area contributed by atoms with Gasteiger partial charge in [0, 0.05) is 0 Å². The largest absolute Gasteiger partial charge is 1.00 e. The molecule has 0 amide bonds. The zero-order valence-corrected chi connectivity index (χ0v) is 20.1. The number of para-hydroxylation sites is 2. The van der Waals surface area contributed by atoms with E-state index in [4.69, 9.17) is 4.74 Å². The minimum Gasteiger partial charge on any atom is -1.00 e. The Hall–Kier alpha value is -2.39. The van der Waals surface area contributed by atoms with Crippen molar-refractivity contribution in [2.75, 3.05) is 14.1 Å². The van der Waals surface area contributed by atoms with Crippen LogP contribution in [0.5, 0.6) is 5.75 Å². The first-order chi connectivity index (χ1) is 13.1. The molecule has 0 saturated heterocycles. The van der Waals surface area contributed by atoms with Crippen molar-refractivity contribution in [3.05, 3.63) is 59.9 Å². The number of benzene rings is 2. The van der Waals surface area contributed by atoms with E-state index >= 15 is 0 Å². The highest BCUT2D eigenvalue weighted by Gasteiger charge is 2.19. The molecule has 0 unspecified atom stereocenters. The molecule has 156 valence electrons. The van der Waals surface area contributed by atoms with Gasteiger partial charge in [0.1, 0.15) is 5.75 Å². The predicted molar refractivity (Wildman–Crippen MR) is 107 cm³/mol. The summed E-state index contributed by atoms with van der Waals surface area (Å²) in [7, 11) is 7.76. The summed E-state index contributed by atoms with van der Waals surface area (Å²) in [6.07, 6.45) is 1.75. The third-order valence-electron chi connectivity index (χ3n) is 4.52. The Bertz CT molecular complexity index is 944. The molecule has 3 rings (SSSR count). The van der Waals surface area contributed by atoms with Gasteiger partial charge in [-0.15, -0.1) is 5.10 Å². The first-order valence-corrected chi connectivity index (χ1v) is 8.80. The van der Waals surface area contributed by atoms with Crippen LogP contribution in [0.1, 0.15) is 11.4 Å². The molecule has 0 atom stereocenters. The van der Waals surface area contributed by atoms with Crippen molar-refractivity contribution in [1.29, 1.82) is 0 Å². The van der Waals surface area contributed by atoms with E-state index in [0.29, 0.717) is 6.61 Å². The lowest BCUT2D eigenvalue weighted by atomic mass is 10.2. The Balaban J connectivity index is 0.00000210. The summed E-state index contributed by atoms with van der Waals surface area (Å²) < 4.78 is 10.3. The van der Waals surface area contributed by atoms with Crippen LogP contribution in [0.25, 0.3) is 11.0 Å². The predicted octanol–water partition coefficient (Wildman–Crippen LogP) is -6.20. The number of rotatable bonds is 5. The first kappa shape index (κ1) is 24.6. The van der Waals surface area contributed by atoms with Crippen LogP contribution < -0.4 is 59.0 Å². The van der Waals surface area contributed by atoms with Gasteiger partial charge < -0.3 is 38.7 Å². The van der Waals surface area contributed by atoms with Crippen LogP contribution in [0.4, 0.5) is 0 Å². The fraction of sp³-hybridized carbons (Fsp3) is 0.250. The number of aryl methyl sites for hydroxylation is 2. The summed E-state index contributed by atoms with van der Waals surface area (Å²) >= 11 is 0. The number of fused-ring (bicyclic) bond motifs is 1. The Morgan fingerprint density at radius 1 is 1.17 bits per heavy atom. The molecule has 1 aromatic heterocycles. The number of nitrogens with zero attached hydrogens (tertiary/aromatic N) is 3. The number of hydrogen-bond donors (Lipinski definition) is 3. The Labute approximate surface area is 192 Å². The van der Waals surface area contributed by atoms with Gasteiger partial charge in [0.2, 0.25) is 0 Å². The first-order valence-electron chi connectivity index (χ1n) is 8.80. The lowest BCUT2D eigenvalue weighted by Crippen LogP contribution is -3.00. The monoisotopic (exact) mass is 524 g/mol. The second-order valence-corrected chi connectivity index (χ2v) is 6.13. The van der Waals surface area contributed by atoms with E-state index in [-0.39, 0.29) is 34.0 Å². The summed E-state index contributed by atoms with van der Waals surface area (Å²) in [4.78, 5) is 2.95. The van der Waals surface area contributed by atoms with Gasteiger partial charge >= 0.3 is 5.96 Å². The van der Waals surface area contributed by atoms with E-state index in [0.717, 1.165) is 23.1 Å². The summed E-state index contributed by atoms with van der Waals surface area (Å²) in [6, 6.07) is 16.2. The molecule has 7 nitrogen and oxygen atoms in total. The zero-order chi connectivity index (χ0) is 19.2. The number of aromatic nitrogens is 2. The van der Waals surface area contributed by atoms with Crippen molar-refractivity contribution < 1.29 is 48.3 Å².